The van der Waals surface area contributed by atoms with Crippen LogP contribution in [-0.4, -0.2) is 35.4 Å². The van der Waals surface area contributed by atoms with Crippen molar-refractivity contribution in [2.45, 2.75) is 18.9 Å². The molecule has 0 saturated heterocycles. The molecule has 5 nitrogen and oxygen atoms in total. The number of nitrogens with zero attached hydrogens (tertiary/aromatic N) is 3. The first-order valence-corrected chi connectivity index (χ1v) is 6.00. The van der Waals surface area contributed by atoms with E-state index in [-0.39, 0.29) is 11.9 Å². The van der Waals surface area contributed by atoms with Crippen molar-refractivity contribution in [1.29, 1.82) is 5.26 Å². The molecule has 0 radical (unpaired) electrons. The summed E-state index contributed by atoms with van der Waals surface area (Å²) in [5, 5.41) is 8.68. The molecule has 1 aliphatic carbocycles. The quantitative estimate of drug-likeness (QED) is 0.847. The van der Waals surface area contributed by atoms with Crippen LogP contribution in [0.15, 0.2) is 18.3 Å². The highest BCUT2D eigenvalue weighted by Crippen LogP contribution is 2.34. The second-order valence-electron chi connectivity index (χ2n) is 4.60. The minimum atomic E-state index is -0.137. The van der Waals surface area contributed by atoms with Gasteiger partial charge in [0.25, 0.3) is 5.91 Å². The van der Waals surface area contributed by atoms with E-state index in [1.165, 1.54) is 6.20 Å². The van der Waals surface area contributed by atoms with Crippen molar-refractivity contribution in [3.05, 3.63) is 29.6 Å². The van der Waals surface area contributed by atoms with Crippen LogP contribution in [0.4, 0.5) is 0 Å². The number of rotatable bonds is 4. The SMILES string of the molecule is CN(C(=O)c1ccc(C#N)cn1)C(CN)C1CC1. The number of pyridine rings is 1. The molecule has 18 heavy (non-hydrogen) atoms. The van der Waals surface area contributed by atoms with Gasteiger partial charge in [-0.15, -0.1) is 0 Å². The number of carbonyl (C=O) groups excluding carboxylic acids is 1. The van der Waals surface area contributed by atoms with Gasteiger partial charge in [0, 0.05) is 25.8 Å². The summed E-state index contributed by atoms with van der Waals surface area (Å²) >= 11 is 0. The van der Waals surface area contributed by atoms with Gasteiger partial charge in [-0.1, -0.05) is 0 Å². The Bertz CT molecular complexity index is 473. The van der Waals surface area contributed by atoms with Crippen molar-refractivity contribution in [3.8, 4) is 6.07 Å². The molecule has 1 aromatic rings. The Morgan fingerprint density at radius 3 is 2.83 bits per heavy atom. The third-order valence-electron chi connectivity index (χ3n) is 3.34. The molecule has 0 spiro atoms. The van der Waals surface area contributed by atoms with Crippen molar-refractivity contribution < 1.29 is 4.79 Å². The van der Waals surface area contributed by atoms with E-state index in [9.17, 15) is 4.79 Å². The molecule has 1 amide bonds. The lowest BCUT2D eigenvalue weighted by Crippen LogP contribution is -2.43. The summed E-state index contributed by atoms with van der Waals surface area (Å²) in [6.45, 7) is 0.475. The molecule has 1 atom stereocenters. The van der Waals surface area contributed by atoms with Gasteiger partial charge in [0.05, 0.1) is 5.56 Å². The standard InChI is InChI=1S/C13H16N4O/c1-17(12(7-15)10-3-4-10)13(18)11-5-2-9(6-14)8-16-11/h2,5,8,10,12H,3-4,7,15H2,1H3. The summed E-state index contributed by atoms with van der Waals surface area (Å²) < 4.78 is 0. The van der Waals surface area contributed by atoms with Gasteiger partial charge < -0.3 is 10.6 Å². The smallest absolute Gasteiger partial charge is 0.272 e. The van der Waals surface area contributed by atoms with Crippen LogP contribution >= 0.6 is 0 Å². The van der Waals surface area contributed by atoms with Crippen LogP contribution in [0.5, 0.6) is 0 Å². The zero-order valence-electron chi connectivity index (χ0n) is 10.3. The van der Waals surface area contributed by atoms with Gasteiger partial charge >= 0.3 is 0 Å². The van der Waals surface area contributed by atoms with E-state index in [0.29, 0.717) is 23.7 Å². The van der Waals surface area contributed by atoms with Gasteiger partial charge in [-0.2, -0.15) is 5.26 Å². The maximum Gasteiger partial charge on any atom is 0.272 e. The minimum Gasteiger partial charge on any atom is -0.336 e. The number of hydrogen-bond acceptors (Lipinski definition) is 4. The van der Waals surface area contributed by atoms with E-state index in [0.717, 1.165) is 12.8 Å². The monoisotopic (exact) mass is 244 g/mol. The number of nitriles is 1. The van der Waals surface area contributed by atoms with Crippen LogP contribution in [-0.2, 0) is 0 Å². The van der Waals surface area contributed by atoms with Crippen LogP contribution < -0.4 is 5.73 Å². The molecule has 94 valence electrons. The molecule has 2 N–H and O–H groups in total. The Morgan fingerprint density at radius 1 is 1.67 bits per heavy atom. The summed E-state index contributed by atoms with van der Waals surface area (Å²) in [5.74, 6) is 0.393. The number of hydrogen-bond donors (Lipinski definition) is 1. The Hall–Kier alpha value is -1.93. The molecular formula is C13H16N4O. The first kappa shape index (κ1) is 12.5. The lowest BCUT2D eigenvalue weighted by molar-refractivity contribution is 0.0712. The van der Waals surface area contributed by atoms with Crippen molar-refractivity contribution >= 4 is 5.91 Å². The van der Waals surface area contributed by atoms with Gasteiger partial charge in [-0.3, -0.25) is 4.79 Å². The molecule has 2 rings (SSSR count). The van der Waals surface area contributed by atoms with Gasteiger partial charge in [-0.05, 0) is 30.9 Å². The fraction of sp³-hybridized carbons (Fsp3) is 0.462. The Balaban J connectivity index is 2.11. The lowest BCUT2D eigenvalue weighted by atomic mass is 10.1. The molecule has 0 aliphatic heterocycles. The zero-order valence-corrected chi connectivity index (χ0v) is 10.3. The van der Waals surface area contributed by atoms with Crippen molar-refractivity contribution in [1.82, 2.24) is 9.88 Å². The highest BCUT2D eigenvalue weighted by atomic mass is 16.2. The number of likely N-dealkylation sites (N-methyl/N-ethyl adjacent to an activating group) is 1. The van der Waals surface area contributed by atoms with Crippen molar-refractivity contribution in [2.75, 3.05) is 13.6 Å². The summed E-state index contributed by atoms with van der Waals surface area (Å²) in [6.07, 6.45) is 3.69. The second-order valence-corrected chi connectivity index (χ2v) is 4.60. The Morgan fingerprint density at radius 2 is 2.39 bits per heavy atom. The van der Waals surface area contributed by atoms with Gasteiger partial charge in [-0.25, -0.2) is 4.98 Å². The first-order valence-electron chi connectivity index (χ1n) is 6.00. The van der Waals surface area contributed by atoms with Crippen LogP contribution in [0.1, 0.15) is 28.9 Å². The number of amides is 1. The Labute approximate surface area is 106 Å². The minimum absolute atomic E-state index is 0.0925. The van der Waals surface area contributed by atoms with Crippen molar-refractivity contribution in [2.24, 2.45) is 11.7 Å². The van der Waals surface area contributed by atoms with E-state index >= 15 is 0 Å². The van der Waals surface area contributed by atoms with E-state index in [1.54, 1.807) is 24.1 Å². The zero-order chi connectivity index (χ0) is 13.1. The fourth-order valence-electron chi connectivity index (χ4n) is 2.07. The molecule has 1 unspecified atom stereocenters. The Kier molecular flexibility index (Phi) is 3.58. The van der Waals surface area contributed by atoms with E-state index in [4.69, 9.17) is 11.0 Å². The van der Waals surface area contributed by atoms with Crippen molar-refractivity contribution in [3.63, 3.8) is 0 Å². The topological polar surface area (TPSA) is 83.0 Å². The number of aromatic nitrogens is 1. The maximum absolute atomic E-state index is 12.2. The third-order valence-corrected chi connectivity index (χ3v) is 3.34. The van der Waals surface area contributed by atoms with Gasteiger partial charge in [0.15, 0.2) is 0 Å². The van der Waals surface area contributed by atoms with E-state index < -0.39 is 0 Å². The summed E-state index contributed by atoms with van der Waals surface area (Å²) in [6, 6.07) is 5.25. The molecule has 0 bridgehead atoms. The normalized spacial score (nSPS) is 15.8. The van der Waals surface area contributed by atoms with E-state index in [1.807, 2.05) is 6.07 Å². The lowest BCUT2D eigenvalue weighted by Gasteiger charge is -2.26. The third kappa shape index (κ3) is 2.49. The summed E-state index contributed by atoms with van der Waals surface area (Å²) in [7, 11) is 1.76. The van der Waals surface area contributed by atoms with Crippen LogP contribution in [0.2, 0.25) is 0 Å². The van der Waals surface area contributed by atoms with Crippen LogP contribution in [0.3, 0.4) is 0 Å². The highest BCUT2D eigenvalue weighted by Gasteiger charge is 2.35. The molecule has 1 saturated carbocycles. The summed E-state index contributed by atoms with van der Waals surface area (Å²) in [5.41, 5.74) is 6.53. The molecule has 1 aliphatic rings. The predicted molar refractivity (Wildman–Crippen MR) is 66.6 cm³/mol. The average Bonchev–Trinajstić information content (AvgIpc) is 3.23. The van der Waals surface area contributed by atoms with E-state index in [2.05, 4.69) is 4.98 Å². The number of carbonyl (C=O) groups is 1. The largest absolute Gasteiger partial charge is 0.336 e. The first-order chi connectivity index (χ1) is 8.67. The molecule has 0 aromatic carbocycles. The predicted octanol–water partition coefficient (Wildman–Crippen LogP) is 0.763. The highest BCUT2D eigenvalue weighted by molar-refractivity contribution is 5.92. The van der Waals surface area contributed by atoms with Crippen LogP contribution in [0.25, 0.3) is 0 Å². The molecule has 1 heterocycles. The van der Waals surface area contributed by atoms with Gasteiger partial charge in [0.2, 0.25) is 0 Å². The van der Waals surface area contributed by atoms with Gasteiger partial charge in [0.1, 0.15) is 11.8 Å². The molecular weight excluding hydrogens is 228 g/mol. The maximum atomic E-state index is 12.2. The molecule has 1 aromatic heterocycles. The summed E-state index contributed by atoms with van der Waals surface area (Å²) in [4.78, 5) is 17.9. The second kappa shape index (κ2) is 5.15. The molecule has 5 heteroatoms. The molecule has 1 fully saturated rings. The average molecular weight is 244 g/mol. The number of nitrogens with two attached hydrogens (primary N) is 1. The fourth-order valence-corrected chi connectivity index (χ4v) is 2.07. The van der Waals surface area contributed by atoms with Crippen LogP contribution in [0, 0.1) is 17.2 Å².